The number of rotatable bonds is 2. The molecule has 1 aromatic rings. The number of nitrogens with two attached hydrogens (primary N) is 1. The van der Waals surface area contributed by atoms with Crippen LogP contribution in [-0.2, 0) is 9.47 Å². The van der Waals surface area contributed by atoms with Gasteiger partial charge in [-0.15, -0.1) is 0 Å². The van der Waals surface area contributed by atoms with Crippen LogP contribution < -0.4 is 5.73 Å². The highest BCUT2D eigenvalue weighted by Crippen LogP contribution is 2.33. The van der Waals surface area contributed by atoms with Crippen LogP contribution in [-0.4, -0.2) is 19.3 Å². The Labute approximate surface area is 102 Å². The molecular weight excluding hydrogens is 281 g/mol. The van der Waals surface area contributed by atoms with Gasteiger partial charge in [-0.05, 0) is 18.2 Å². The van der Waals surface area contributed by atoms with Gasteiger partial charge in [-0.25, -0.2) is 0 Å². The topological polar surface area (TPSA) is 44.5 Å². The summed E-state index contributed by atoms with van der Waals surface area (Å²) in [5, 5.41) is 0.664. The minimum Gasteiger partial charge on any atom is -0.346 e. The SMILES string of the molecule is NCC1COC(c2cc(Cl)ccc2Br)O1. The first-order valence-electron chi connectivity index (χ1n) is 4.63. The summed E-state index contributed by atoms with van der Waals surface area (Å²) in [7, 11) is 0. The summed E-state index contributed by atoms with van der Waals surface area (Å²) >= 11 is 9.34. The lowest BCUT2D eigenvalue weighted by Gasteiger charge is -2.12. The number of hydrogen-bond acceptors (Lipinski definition) is 3. The molecule has 1 aliphatic rings. The molecule has 1 aromatic carbocycles. The Morgan fingerprint density at radius 1 is 1.53 bits per heavy atom. The zero-order valence-corrected chi connectivity index (χ0v) is 10.3. The highest BCUT2D eigenvalue weighted by atomic mass is 79.9. The molecule has 2 atom stereocenters. The normalized spacial score (nSPS) is 25.8. The van der Waals surface area contributed by atoms with Crippen molar-refractivity contribution in [3.05, 3.63) is 33.3 Å². The van der Waals surface area contributed by atoms with E-state index in [2.05, 4.69) is 15.9 Å². The van der Waals surface area contributed by atoms with E-state index in [-0.39, 0.29) is 12.4 Å². The molecule has 82 valence electrons. The fourth-order valence-electron chi connectivity index (χ4n) is 1.43. The van der Waals surface area contributed by atoms with Gasteiger partial charge >= 0.3 is 0 Å². The zero-order valence-electron chi connectivity index (χ0n) is 7.95. The van der Waals surface area contributed by atoms with E-state index < -0.39 is 0 Å². The second kappa shape index (κ2) is 4.80. The van der Waals surface area contributed by atoms with Gasteiger partial charge in [-0.1, -0.05) is 27.5 Å². The maximum atomic E-state index is 5.91. The number of hydrogen-bond donors (Lipinski definition) is 1. The average Bonchev–Trinajstić information content (AvgIpc) is 2.70. The number of ether oxygens (including phenoxy) is 2. The molecule has 1 aliphatic heterocycles. The predicted octanol–water partition coefficient (Wildman–Crippen LogP) is 2.48. The van der Waals surface area contributed by atoms with Crippen LogP contribution in [0.25, 0.3) is 0 Å². The van der Waals surface area contributed by atoms with Crippen LogP contribution in [0.5, 0.6) is 0 Å². The fourth-order valence-corrected chi connectivity index (χ4v) is 2.04. The number of benzene rings is 1. The van der Waals surface area contributed by atoms with Gasteiger partial charge in [0.2, 0.25) is 0 Å². The van der Waals surface area contributed by atoms with Crippen LogP contribution in [0.2, 0.25) is 5.02 Å². The summed E-state index contributed by atoms with van der Waals surface area (Å²) in [5.41, 5.74) is 6.40. The highest BCUT2D eigenvalue weighted by molar-refractivity contribution is 9.10. The Hall–Kier alpha value is -0.130. The summed E-state index contributed by atoms with van der Waals surface area (Å²) in [6.45, 7) is 0.995. The summed E-state index contributed by atoms with van der Waals surface area (Å²) in [6.07, 6.45) is -0.396. The van der Waals surface area contributed by atoms with Gasteiger partial charge in [0.1, 0.15) is 0 Å². The van der Waals surface area contributed by atoms with Gasteiger partial charge in [0.05, 0.1) is 12.7 Å². The summed E-state index contributed by atoms with van der Waals surface area (Å²) in [4.78, 5) is 0. The molecule has 0 spiro atoms. The fraction of sp³-hybridized carbons (Fsp3) is 0.400. The second-order valence-electron chi connectivity index (χ2n) is 3.32. The van der Waals surface area contributed by atoms with Crippen LogP contribution in [0.4, 0.5) is 0 Å². The predicted molar refractivity (Wildman–Crippen MR) is 61.8 cm³/mol. The Bertz CT molecular complexity index is 361. The minimum atomic E-state index is -0.369. The van der Waals surface area contributed by atoms with Crippen molar-refractivity contribution in [1.82, 2.24) is 0 Å². The molecule has 15 heavy (non-hydrogen) atoms. The third-order valence-corrected chi connectivity index (χ3v) is 3.18. The van der Waals surface area contributed by atoms with Crippen molar-refractivity contribution in [2.75, 3.05) is 13.2 Å². The van der Waals surface area contributed by atoms with Crippen LogP contribution in [0.1, 0.15) is 11.9 Å². The first kappa shape index (κ1) is 11.4. The Morgan fingerprint density at radius 2 is 2.33 bits per heavy atom. The molecular formula is C10H11BrClNO2. The first-order valence-corrected chi connectivity index (χ1v) is 5.80. The third kappa shape index (κ3) is 2.52. The monoisotopic (exact) mass is 291 g/mol. The van der Waals surface area contributed by atoms with Crippen molar-refractivity contribution in [2.24, 2.45) is 5.73 Å². The minimum absolute atomic E-state index is 0.0270. The molecule has 0 saturated carbocycles. The van der Waals surface area contributed by atoms with Crippen LogP contribution in [0.3, 0.4) is 0 Å². The smallest absolute Gasteiger partial charge is 0.185 e. The van der Waals surface area contributed by atoms with E-state index in [0.717, 1.165) is 10.0 Å². The molecule has 0 amide bonds. The Kier molecular flexibility index (Phi) is 3.64. The molecule has 0 aromatic heterocycles. The molecule has 0 bridgehead atoms. The van der Waals surface area contributed by atoms with Crippen molar-refractivity contribution in [2.45, 2.75) is 12.4 Å². The number of halogens is 2. The maximum Gasteiger partial charge on any atom is 0.185 e. The Balaban J connectivity index is 2.19. The zero-order chi connectivity index (χ0) is 10.8. The van der Waals surface area contributed by atoms with Crippen LogP contribution in [0.15, 0.2) is 22.7 Å². The van der Waals surface area contributed by atoms with Gasteiger partial charge in [-0.2, -0.15) is 0 Å². The van der Waals surface area contributed by atoms with E-state index in [1.165, 1.54) is 0 Å². The van der Waals surface area contributed by atoms with Crippen molar-refractivity contribution in [3.63, 3.8) is 0 Å². The molecule has 2 N–H and O–H groups in total. The lowest BCUT2D eigenvalue weighted by atomic mass is 10.2. The average molecular weight is 293 g/mol. The standard InChI is InChI=1S/C10H11BrClNO2/c11-9-2-1-6(12)3-8(9)10-14-5-7(4-13)15-10/h1-3,7,10H,4-5,13H2. The second-order valence-corrected chi connectivity index (χ2v) is 4.62. The molecule has 3 nitrogen and oxygen atoms in total. The maximum absolute atomic E-state index is 5.91. The van der Waals surface area contributed by atoms with E-state index in [0.29, 0.717) is 18.2 Å². The molecule has 1 heterocycles. The summed E-state index contributed by atoms with van der Waals surface area (Å²) in [5.74, 6) is 0. The summed E-state index contributed by atoms with van der Waals surface area (Å²) in [6, 6.07) is 5.51. The quantitative estimate of drug-likeness (QED) is 0.911. The van der Waals surface area contributed by atoms with E-state index in [4.69, 9.17) is 26.8 Å². The molecule has 0 aliphatic carbocycles. The van der Waals surface area contributed by atoms with Gasteiger partial charge in [-0.3, -0.25) is 0 Å². The Morgan fingerprint density at radius 3 is 3.00 bits per heavy atom. The van der Waals surface area contributed by atoms with Gasteiger partial charge in [0.15, 0.2) is 6.29 Å². The van der Waals surface area contributed by atoms with Crippen LogP contribution >= 0.6 is 27.5 Å². The van der Waals surface area contributed by atoms with Gasteiger partial charge in [0, 0.05) is 21.6 Å². The lowest BCUT2D eigenvalue weighted by molar-refractivity contribution is -0.0590. The van der Waals surface area contributed by atoms with Crippen molar-refractivity contribution in [1.29, 1.82) is 0 Å². The first-order chi connectivity index (χ1) is 7.20. The van der Waals surface area contributed by atoms with Crippen molar-refractivity contribution >= 4 is 27.5 Å². The van der Waals surface area contributed by atoms with E-state index in [9.17, 15) is 0 Å². The summed E-state index contributed by atoms with van der Waals surface area (Å²) < 4.78 is 12.0. The lowest BCUT2D eigenvalue weighted by Crippen LogP contribution is -2.21. The van der Waals surface area contributed by atoms with E-state index in [1.807, 2.05) is 18.2 Å². The molecule has 0 radical (unpaired) electrons. The van der Waals surface area contributed by atoms with E-state index in [1.54, 1.807) is 0 Å². The van der Waals surface area contributed by atoms with Gasteiger partial charge in [0.25, 0.3) is 0 Å². The third-order valence-electron chi connectivity index (χ3n) is 2.22. The molecule has 2 unspecified atom stereocenters. The van der Waals surface area contributed by atoms with Crippen molar-refractivity contribution < 1.29 is 9.47 Å². The van der Waals surface area contributed by atoms with Crippen LogP contribution in [0, 0.1) is 0 Å². The molecule has 1 saturated heterocycles. The molecule has 1 fully saturated rings. The molecule has 2 rings (SSSR count). The largest absolute Gasteiger partial charge is 0.346 e. The highest BCUT2D eigenvalue weighted by Gasteiger charge is 2.27. The molecule has 5 heteroatoms. The van der Waals surface area contributed by atoms with Gasteiger partial charge < -0.3 is 15.2 Å². The van der Waals surface area contributed by atoms with E-state index >= 15 is 0 Å². The van der Waals surface area contributed by atoms with Crippen molar-refractivity contribution in [3.8, 4) is 0 Å².